The molecule has 0 fully saturated rings. The Morgan fingerprint density at radius 1 is 1.23 bits per heavy atom. The van der Waals surface area contributed by atoms with Crippen molar-refractivity contribution in [3.05, 3.63) is 54.1 Å². The number of carbonyl (C=O) groups excluding carboxylic acids is 1. The van der Waals surface area contributed by atoms with Gasteiger partial charge in [-0.05, 0) is 38.4 Å². The predicted octanol–water partition coefficient (Wildman–Crippen LogP) is 2.26. The van der Waals surface area contributed by atoms with Crippen molar-refractivity contribution in [1.29, 1.82) is 0 Å². The highest BCUT2D eigenvalue weighted by Gasteiger charge is 2.07. The third-order valence-corrected chi connectivity index (χ3v) is 2.96. The molecule has 2 rings (SSSR count). The van der Waals surface area contributed by atoms with Crippen LogP contribution in [0.4, 0.5) is 15.8 Å². The lowest BCUT2D eigenvalue weighted by atomic mass is 10.2. The predicted molar refractivity (Wildman–Crippen MR) is 84.8 cm³/mol. The third kappa shape index (κ3) is 4.82. The van der Waals surface area contributed by atoms with E-state index in [-0.39, 0.29) is 11.7 Å². The first kappa shape index (κ1) is 15.9. The number of nitrogens with one attached hydrogen (secondary N) is 2. The van der Waals surface area contributed by atoms with Gasteiger partial charge in [-0.2, -0.15) is 0 Å². The Labute approximate surface area is 129 Å². The summed E-state index contributed by atoms with van der Waals surface area (Å²) in [6.45, 7) is 1.33. The molecule has 2 aromatic rings. The monoisotopic (exact) mass is 302 g/mol. The van der Waals surface area contributed by atoms with Crippen LogP contribution in [0.2, 0.25) is 0 Å². The number of amides is 1. The number of rotatable bonds is 6. The maximum absolute atomic E-state index is 13.2. The summed E-state index contributed by atoms with van der Waals surface area (Å²) >= 11 is 0. The summed E-state index contributed by atoms with van der Waals surface area (Å²) in [5.41, 5.74) is 1.69. The van der Waals surface area contributed by atoms with Gasteiger partial charge in [0.2, 0.25) is 0 Å². The first-order valence-electron chi connectivity index (χ1n) is 6.95. The molecule has 0 saturated carbocycles. The van der Waals surface area contributed by atoms with Gasteiger partial charge >= 0.3 is 0 Å². The fraction of sp³-hybridized carbons (Fsp3) is 0.250. The summed E-state index contributed by atoms with van der Waals surface area (Å²) in [4.78, 5) is 18.1. The lowest BCUT2D eigenvalue weighted by Crippen LogP contribution is -2.31. The van der Waals surface area contributed by atoms with Crippen molar-refractivity contribution in [3.8, 4) is 0 Å². The molecule has 22 heavy (non-hydrogen) atoms. The van der Waals surface area contributed by atoms with Gasteiger partial charge in [0.25, 0.3) is 5.91 Å². The van der Waals surface area contributed by atoms with E-state index < -0.39 is 0 Å². The second-order valence-electron chi connectivity index (χ2n) is 5.16. The Kier molecular flexibility index (Phi) is 5.43. The molecule has 0 unspecified atom stereocenters. The number of benzene rings is 1. The number of halogens is 1. The molecule has 0 aliphatic rings. The summed E-state index contributed by atoms with van der Waals surface area (Å²) in [5, 5.41) is 5.85. The maximum atomic E-state index is 13.2. The Balaban J connectivity index is 2.01. The zero-order valence-electron chi connectivity index (χ0n) is 12.6. The Bertz CT molecular complexity index is 646. The van der Waals surface area contributed by atoms with Crippen molar-refractivity contribution < 1.29 is 9.18 Å². The second-order valence-corrected chi connectivity index (χ2v) is 5.16. The molecule has 0 spiro atoms. The molecule has 1 aromatic heterocycles. The average Bonchev–Trinajstić information content (AvgIpc) is 2.47. The van der Waals surface area contributed by atoms with Gasteiger partial charge < -0.3 is 15.5 Å². The third-order valence-electron chi connectivity index (χ3n) is 2.96. The van der Waals surface area contributed by atoms with Gasteiger partial charge in [-0.3, -0.25) is 9.78 Å². The number of nitrogens with zero attached hydrogens (tertiary/aromatic N) is 2. The highest BCUT2D eigenvalue weighted by Crippen LogP contribution is 2.17. The molecular formula is C16H19FN4O. The topological polar surface area (TPSA) is 57.3 Å². The van der Waals surface area contributed by atoms with Crippen molar-refractivity contribution in [2.45, 2.75) is 0 Å². The summed E-state index contributed by atoms with van der Waals surface area (Å²) in [6, 6.07) is 7.79. The number of pyridine rings is 1. The zero-order chi connectivity index (χ0) is 15.9. The Morgan fingerprint density at radius 2 is 2.05 bits per heavy atom. The van der Waals surface area contributed by atoms with E-state index in [1.807, 2.05) is 19.0 Å². The van der Waals surface area contributed by atoms with Gasteiger partial charge in [0, 0.05) is 25.0 Å². The zero-order valence-corrected chi connectivity index (χ0v) is 12.6. The van der Waals surface area contributed by atoms with Crippen molar-refractivity contribution in [3.63, 3.8) is 0 Å². The molecule has 1 aromatic carbocycles. The minimum Gasteiger partial charge on any atom is -0.354 e. The van der Waals surface area contributed by atoms with E-state index in [4.69, 9.17) is 0 Å². The number of hydrogen-bond acceptors (Lipinski definition) is 4. The van der Waals surface area contributed by atoms with Gasteiger partial charge in [-0.1, -0.05) is 6.07 Å². The molecule has 0 radical (unpaired) electrons. The molecule has 2 N–H and O–H groups in total. The Hall–Kier alpha value is -2.47. The van der Waals surface area contributed by atoms with Gasteiger partial charge in [-0.15, -0.1) is 0 Å². The fourth-order valence-corrected chi connectivity index (χ4v) is 1.86. The van der Waals surface area contributed by atoms with Crippen LogP contribution in [0.3, 0.4) is 0 Å². The normalized spacial score (nSPS) is 10.5. The largest absolute Gasteiger partial charge is 0.354 e. The summed E-state index contributed by atoms with van der Waals surface area (Å²) < 4.78 is 13.2. The molecule has 6 heteroatoms. The van der Waals surface area contributed by atoms with E-state index in [2.05, 4.69) is 15.6 Å². The molecule has 1 amide bonds. The molecule has 0 aliphatic carbocycles. The summed E-state index contributed by atoms with van der Waals surface area (Å²) in [7, 11) is 3.88. The minimum absolute atomic E-state index is 0.183. The van der Waals surface area contributed by atoms with Crippen molar-refractivity contribution in [2.75, 3.05) is 32.5 Å². The maximum Gasteiger partial charge on any atom is 0.252 e. The molecule has 0 aliphatic heterocycles. The van der Waals surface area contributed by atoms with E-state index in [1.165, 1.54) is 18.3 Å². The van der Waals surface area contributed by atoms with Crippen LogP contribution in [0.25, 0.3) is 0 Å². The van der Waals surface area contributed by atoms with Crippen LogP contribution in [0, 0.1) is 5.82 Å². The number of aromatic nitrogens is 1. The van der Waals surface area contributed by atoms with Gasteiger partial charge in [-0.25, -0.2) is 4.39 Å². The van der Waals surface area contributed by atoms with Crippen LogP contribution in [0.15, 0.2) is 42.7 Å². The lowest BCUT2D eigenvalue weighted by molar-refractivity contribution is 0.0950. The van der Waals surface area contributed by atoms with Crippen molar-refractivity contribution in [2.24, 2.45) is 0 Å². The van der Waals surface area contributed by atoms with Crippen LogP contribution in [0.1, 0.15) is 10.4 Å². The van der Waals surface area contributed by atoms with Gasteiger partial charge in [0.05, 0.1) is 17.4 Å². The molecule has 5 nitrogen and oxygen atoms in total. The van der Waals surface area contributed by atoms with Gasteiger partial charge in [0.1, 0.15) is 5.82 Å². The standard InChI is InChI=1S/C16H19FN4O/c1-21(2)7-6-19-16(22)12-8-15(11-18-10-12)20-14-5-3-4-13(17)9-14/h3-5,8-11,20H,6-7H2,1-2H3,(H,19,22). The molecular weight excluding hydrogens is 283 g/mol. The smallest absolute Gasteiger partial charge is 0.252 e. The highest BCUT2D eigenvalue weighted by molar-refractivity contribution is 5.94. The van der Waals surface area contributed by atoms with Crippen LogP contribution < -0.4 is 10.6 Å². The first-order chi connectivity index (χ1) is 10.5. The van der Waals surface area contributed by atoms with Crippen molar-refractivity contribution >= 4 is 17.3 Å². The number of likely N-dealkylation sites (N-methyl/N-ethyl adjacent to an activating group) is 1. The average molecular weight is 302 g/mol. The number of anilines is 2. The van der Waals surface area contributed by atoms with Gasteiger partial charge in [0.15, 0.2) is 0 Å². The lowest BCUT2D eigenvalue weighted by Gasteiger charge is -2.11. The molecule has 0 saturated heterocycles. The van der Waals surface area contributed by atoms with E-state index in [0.29, 0.717) is 23.5 Å². The van der Waals surface area contributed by atoms with Crippen LogP contribution >= 0.6 is 0 Å². The van der Waals surface area contributed by atoms with E-state index in [0.717, 1.165) is 6.54 Å². The fourth-order valence-electron chi connectivity index (χ4n) is 1.86. The van der Waals surface area contributed by atoms with E-state index in [9.17, 15) is 9.18 Å². The van der Waals surface area contributed by atoms with E-state index in [1.54, 1.807) is 24.4 Å². The SMILES string of the molecule is CN(C)CCNC(=O)c1cncc(Nc2cccc(F)c2)c1. The summed E-state index contributed by atoms with van der Waals surface area (Å²) in [5.74, 6) is -0.507. The minimum atomic E-state index is -0.324. The molecule has 116 valence electrons. The van der Waals surface area contributed by atoms with Crippen LogP contribution in [0.5, 0.6) is 0 Å². The number of carbonyl (C=O) groups is 1. The van der Waals surface area contributed by atoms with Crippen molar-refractivity contribution in [1.82, 2.24) is 15.2 Å². The molecule has 1 heterocycles. The quantitative estimate of drug-likeness (QED) is 0.859. The van der Waals surface area contributed by atoms with Crippen LogP contribution in [-0.4, -0.2) is 43.0 Å². The Morgan fingerprint density at radius 3 is 2.77 bits per heavy atom. The summed E-state index contributed by atoms with van der Waals surface area (Å²) in [6.07, 6.45) is 3.09. The van der Waals surface area contributed by atoms with Crippen LogP contribution in [-0.2, 0) is 0 Å². The molecule has 0 bridgehead atoms. The first-order valence-corrected chi connectivity index (χ1v) is 6.95. The second kappa shape index (κ2) is 7.51. The number of hydrogen-bond donors (Lipinski definition) is 2. The van der Waals surface area contributed by atoms with E-state index >= 15 is 0 Å². The highest BCUT2D eigenvalue weighted by atomic mass is 19.1. The molecule has 0 atom stereocenters.